The highest BCUT2D eigenvalue weighted by Gasteiger charge is 2.30. The average Bonchev–Trinajstić information content (AvgIpc) is 2.37. The molecule has 8 nitrogen and oxygen atoms in total. The molecule has 0 saturated carbocycles. The smallest absolute Gasteiger partial charge is 0.333 e. The number of carbonyl (C=O) groups is 2. The van der Waals surface area contributed by atoms with E-state index < -0.39 is 25.1 Å². The van der Waals surface area contributed by atoms with Gasteiger partial charge in [-0.25, -0.2) is 5.06 Å². The molecular weight excluding hydrogens is 299 g/mol. The summed E-state index contributed by atoms with van der Waals surface area (Å²) in [5.74, 6) is -1.27. The molecule has 0 heterocycles. The van der Waals surface area contributed by atoms with Gasteiger partial charge >= 0.3 is 7.60 Å². The van der Waals surface area contributed by atoms with E-state index in [1.54, 1.807) is 0 Å². The molecule has 1 unspecified atom stereocenters. The molecule has 0 radical (unpaired) electrons. The van der Waals surface area contributed by atoms with Gasteiger partial charge in [-0.2, -0.15) is 0 Å². The first-order chi connectivity index (χ1) is 9.62. The van der Waals surface area contributed by atoms with E-state index in [9.17, 15) is 29.1 Å². The molecular formula is C12H17N2O6P. The summed E-state index contributed by atoms with van der Waals surface area (Å²) in [4.78, 5) is 40.6. The van der Waals surface area contributed by atoms with Gasteiger partial charge in [0, 0.05) is 19.0 Å². The Morgan fingerprint density at radius 3 is 2.19 bits per heavy atom. The van der Waals surface area contributed by atoms with E-state index >= 15 is 0 Å². The lowest BCUT2D eigenvalue weighted by Crippen LogP contribution is -2.26. The minimum atomic E-state index is -4.49. The van der Waals surface area contributed by atoms with Crippen molar-refractivity contribution in [1.82, 2.24) is 5.06 Å². The van der Waals surface area contributed by atoms with E-state index in [1.165, 1.54) is 24.3 Å². The fourth-order valence-corrected chi connectivity index (χ4v) is 2.81. The van der Waals surface area contributed by atoms with E-state index in [0.29, 0.717) is 10.6 Å². The summed E-state index contributed by atoms with van der Waals surface area (Å²) in [6, 6.07) is 5.50. The quantitative estimate of drug-likeness (QED) is 0.344. The van der Waals surface area contributed by atoms with Crippen molar-refractivity contribution in [3.05, 3.63) is 35.4 Å². The number of amides is 2. The van der Waals surface area contributed by atoms with Crippen molar-refractivity contribution in [2.24, 2.45) is 5.73 Å². The molecule has 1 aromatic carbocycles. The monoisotopic (exact) mass is 316 g/mol. The average molecular weight is 316 g/mol. The molecule has 0 aliphatic rings. The van der Waals surface area contributed by atoms with Crippen molar-refractivity contribution >= 4 is 19.4 Å². The number of carbonyl (C=O) groups excluding carboxylic acids is 2. The lowest BCUT2D eigenvalue weighted by atomic mass is 10.1. The number of nitrogens with zero attached hydrogens (tertiary/aromatic N) is 1. The lowest BCUT2D eigenvalue weighted by molar-refractivity contribution is -0.162. The molecule has 0 aromatic heterocycles. The third kappa shape index (κ3) is 4.95. The minimum absolute atomic E-state index is 0.129. The van der Waals surface area contributed by atoms with Crippen LogP contribution in [-0.2, 0) is 9.36 Å². The topological polar surface area (TPSA) is 141 Å². The summed E-state index contributed by atoms with van der Waals surface area (Å²) in [6.07, 6.45) is -0.129. The van der Waals surface area contributed by atoms with E-state index in [1.807, 2.05) is 0 Å². The number of hydroxylamine groups is 2. The second-order valence-electron chi connectivity index (χ2n) is 4.52. The SMILES string of the molecule is CC(=O)N(O)CCC(c1ccc(C(N)=O)cc1)P(=O)(O)O. The first-order valence-electron chi connectivity index (χ1n) is 6.05. The molecule has 9 heteroatoms. The summed E-state index contributed by atoms with van der Waals surface area (Å²) in [6.45, 7) is 0.914. The van der Waals surface area contributed by atoms with E-state index in [2.05, 4.69) is 0 Å². The third-order valence-corrected chi connectivity index (χ3v) is 4.33. The van der Waals surface area contributed by atoms with Crippen LogP contribution in [0.15, 0.2) is 24.3 Å². The van der Waals surface area contributed by atoms with Gasteiger partial charge in [-0.1, -0.05) is 12.1 Å². The van der Waals surface area contributed by atoms with Crippen LogP contribution in [0, 0.1) is 0 Å². The van der Waals surface area contributed by atoms with Crippen molar-refractivity contribution in [2.75, 3.05) is 6.54 Å². The third-order valence-electron chi connectivity index (χ3n) is 2.96. The van der Waals surface area contributed by atoms with Gasteiger partial charge in [0.25, 0.3) is 0 Å². The summed E-state index contributed by atoms with van der Waals surface area (Å²) in [5.41, 5.74) is 4.42. The summed E-state index contributed by atoms with van der Waals surface area (Å²) in [7, 11) is -4.49. The van der Waals surface area contributed by atoms with Gasteiger partial charge < -0.3 is 15.5 Å². The fourth-order valence-electron chi connectivity index (χ4n) is 1.80. The Kier molecular flexibility index (Phi) is 5.62. The normalized spacial score (nSPS) is 12.8. The Hall–Kier alpha value is -1.73. The van der Waals surface area contributed by atoms with Crippen molar-refractivity contribution in [3.8, 4) is 0 Å². The van der Waals surface area contributed by atoms with Crippen molar-refractivity contribution in [1.29, 1.82) is 0 Å². The van der Waals surface area contributed by atoms with Gasteiger partial charge in [-0.15, -0.1) is 0 Å². The first kappa shape index (κ1) is 17.3. The Balaban J connectivity index is 2.95. The number of hydrogen-bond donors (Lipinski definition) is 4. The predicted molar refractivity (Wildman–Crippen MR) is 73.5 cm³/mol. The van der Waals surface area contributed by atoms with E-state index in [4.69, 9.17) is 5.73 Å². The first-order valence-corrected chi connectivity index (χ1v) is 7.73. The second-order valence-corrected chi connectivity index (χ2v) is 6.32. The maximum Gasteiger partial charge on any atom is 0.333 e. The standard InChI is InChI=1S/C12H17N2O6P/c1-8(15)14(17)7-6-11(21(18,19)20)9-2-4-10(5-3-9)12(13)16/h2-5,11,17H,6-7H2,1H3,(H2,13,16)(H2,18,19,20). The number of rotatable bonds is 6. The van der Waals surface area contributed by atoms with Gasteiger partial charge in [0.05, 0.1) is 5.66 Å². The summed E-state index contributed by atoms with van der Waals surface area (Å²) >= 11 is 0. The van der Waals surface area contributed by atoms with E-state index in [-0.39, 0.29) is 18.5 Å². The second kappa shape index (κ2) is 6.82. The van der Waals surface area contributed by atoms with Crippen molar-refractivity contribution in [3.63, 3.8) is 0 Å². The van der Waals surface area contributed by atoms with Crippen LogP contribution in [0.25, 0.3) is 0 Å². The van der Waals surface area contributed by atoms with Crippen molar-refractivity contribution < 1.29 is 29.1 Å². The zero-order valence-electron chi connectivity index (χ0n) is 11.3. The van der Waals surface area contributed by atoms with Crippen LogP contribution in [0.5, 0.6) is 0 Å². The summed E-state index contributed by atoms with van der Waals surface area (Å²) < 4.78 is 11.6. The summed E-state index contributed by atoms with van der Waals surface area (Å²) in [5, 5.41) is 9.66. The Labute approximate surface area is 121 Å². The van der Waals surface area contributed by atoms with E-state index in [0.717, 1.165) is 6.92 Å². The maximum atomic E-state index is 11.6. The van der Waals surface area contributed by atoms with Crippen LogP contribution in [0.4, 0.5) is 0 Å². The number of benzene rings is 1. The molecule has 116 valence electrons. The van der Waals surface area contributed by atoms with Crippen LogP contribution in [-0.4, -0.2) is 38.4 Å². The Morgan fingerprint density at radius 2 is 1.81 bits per heavy atom. The zero-order valence-corrected chi connectivity index (χ0v) is 12.2. The molecule has 1 rings (SSSR count). The van der Waals surface area contributed by atoms with Crippen LogP contribution in [0.3, 0.4) is 0 Å². The number of primary amides is 1. The zero-order chi connectivity index (χ0) is 16.2. The molecule has 0 fully saturated rings. The van der Waals surface area contributed by atoms with Gasteiger partial charge in [-0.05, 0) is 24.1 Å². The maximum absolute atomic E-state index is 11.6. The highest BCUT2D eigenvalue weighted by Crippen LogP contribution is 2.53. The molecule has 0 bridgehead atoms. The van der Waals surface area contributed by atoms with Crippen molar-refractivity contribution in [2.45, 2.75) is 19.0 Å². The van der Waals surface area contributed by atoms with Crippen LogP contribution in [0.2, 0.25) is 0 Å². The van der Waals surface area contributed by atoms with Gasteiger partial charge in [0.1, 0.15) is 0 Å². The predicted octanol–water partition coefficient (Wildman–Crippen LogP) is 0.632. The minimum Gasteiger partial charge on any atom is -0.366 e. The van der Waals surface area contributed by atoms with Gasteiger partial charge in [0.2, 0.25) is 11.8 Å². The van der Waals surface area contributed by atoms with Crippen LogP contribution in [0.1, 0.15) is 34.9 Å². The highest BCUT2D eigenvalue weighted by atomic mass is 31.2. The van der Waals surface area contributed by atoms with Crippen LogP contribution >= 0.6 is 7.60 Å². The Morgan fingerprint density at radius 1 is 1.29 bits per heavy atom. The molecule has 0 aliphatic heterocycles. The van der Waals surface area contributed by atoms with Gasteiger partial charge in [-0.3, -0.25) is 19.4 Å². The van der Waals surface area contributed by atoms with Crippen LogP contribution < -0.4 is 5.73 Å². The Bertz CT molecular complexity index is 568. The molecule has 1 atom stereocenters. The fraction of sp³-hybridized carbons (Fsp3) is 0.333. The molecule has 21 heavy (non-hydrogen) atoms. The largest absolute Gasteiger partial charge is 0.366 e. The molecule has 0 aliphatic carbocycles. The number of hydrogen-bond acceptors (Lipinski definition) is 4. The lowest BCUT2D eigenvalue weighted by Gasteiger charge is -2.21. The molecule has 0 spiro atoms. The molecule has 0 saturated heterocycles. The highest BCUT2D eigenvalue weighted by molar-refractivity contribution is 7.52. The molecule has 5 N–H and O–H groups in total. The van der Waals surface area contributed by atoms with Gasteiger partial charge in [0.15, 0.2) is 0 Å². The number of nitrogens with two attached hydrogens (primary N) is 1. The molecule has 1 aromatic rings. The molecule has 2 amide bonds.